The van der Waals surface area contributed by atoms with Crippen molar-refractivity contribution in [2.75, 3.05) is 38.5 Å². The summed E-state index contributed by atoms with van der Waals surface area (Å²) in [7, 11) is 2.12. The van der Waals surface area contributed by atoms with Crippen LogP contribution in [-0.2, 0) is 0 Å². The van der Waals surface area contributed by atoms with Gasteiger partial charge in [0.1, 0.15) is 11.7 Å². The second-order valence-electron chi connectivity index (χ2n) is 5.05. The summed E-state index contributed by atoms with van der Waals surface area (Å²) in [6.07, 6.45) is 1.86. The zero-order valence-corrected chi connectivity index (χ0v) is 11.8. The summed E-state index contributed by atoms with van der Waals surface area (Å²) in [4.78, 5) is 4.38. The van der Waals surface area contributed by atoms with Crippen molar-refractivity contribution in [2.24, 2.45) is 0 Å². The molecule has 0 spiro atoms. The maximum atomic E-state index is 8.12. The average Bonchev–Trinajstić information content (AvgIpc) is 2.75. The van der Waals surface area contributed by atoms with E-state index in [4.69, 9.17) is 5.41 Å². The number of H-pyrrole nitrogens is 1. The molecule has 1 fully saturated rings. The third-order valence-corrected chi connectivity index (χ3v) is 3.23. The summed E-state index contributed by atoms with van der Waals surface area (Å²) >= 11 is 0. The van der Waals surface area contributed by atoms with Crippen LogP contribution in [0.5, 0.6) is 0 Å². The zero-order chi connectivity index (χ0) is 13.8. The minimum atomic E-state index is 0.564. The number of aryl methyl sites for hydroxylation is 1. The van der Waals surface area contributed by atoms with Gasteiger partial charge in [-0.15, -0.1) is 0 Å². The smallest absolute Gasteiger partial charge is 0.125 e. The highest BCUT2D eigenvalue weighted by molar-refractivity contribution is 5.91. The van der Waals surface area contributed by atoms with Crippen molar-refractivity contribution in [3.05, 3.63) is 23.5 Å². The van der Waals surface area contributed by atoms with Crippen molar-refractivity contribution >= 4 is 11.7 Å². The molecule has 0 bridgehead atoms. The first-order valence-electron chi connectivity index (χ1n) is 6.54. The van der Waals surface area contributed by atoms with Crippen LogP contribution in [-0.4, -0.2) is 59.1 Å². The van der Waals surface area contributed by atoms with E-state index in [1.165, 1.54) is 0 Å². The van der Waals surface area contributed by atoms with Crippen molar-refractivity contribution in [1.29, 1.82) is 5.41 Å². The van der Waals surface area contributed by atoms with Gasteiger partial charge in [-0.1, -0.05) is 0 Å². The fourth-order valence-electron chi connectivity index (χ4n) is 2.08. The molecular weight excluding hydrogens is 240 g/mol. The minimum absolute atomic E-state index is 0.564. The molecule has 2 heterocycles. The lowest BCUT2D eigenvalue weighted by Gasteiger charge is -2.33. The molecule has 1 aromatic rings. The number of amidine groups is 1. The normalized spacial score (nSPS) is 17.6. The molecular formula is C13H22N6. The number of nitrogens with zero attached hydrogens (tertiary/aromatic N) is 3. The lowest BCUT2D eigenvalue weighted by molar-refractivity contribution is 0.215. The third-order valence-electron chi connectivity index (χ3n) is 3.23. The minimum Gasteiger partial charge on any atom is -0.354 e. The maximum absolute atomic E-state index is 8.12. The molecule has 0 amide bonds. The Bertz CT molecular complexity index is 467. The van der Waals surface area contributed by atoms with Gasteiger partial charge in [0.2, 0.25) is 0 Å². The van der Waals surface area contributed by atoms with Gasteiger partial charge in [-0.3, -0.25) is 10.5 Å². The predicted octanol–water partition coefficient (Wildman–Crippen LogP) is 1.26. The zero-order valence-electron chi connectivity index (χ0n) is 11.8. The van der Waals surface area contributed by atoms with Crippen LogP contribution in [0.1, 0.15) is 12.6 Å². The molecule has 19 heavy (non-hydrogen) atoms. The number of hydrogen-bond acceptors (Lipinski definition) is 4. The SMILES string of the molecule is C/C(=C\C(=N)N1CCN(C)CC1)Nc1cc(C)n[nH]1. The topological polar surface area (TPSA) is 71.0 Å². The van der Waals surface area contributed by atoms with Crippen LogP contribution >= 0.6 is 0 Å². The Hall–Kier alpha value is -1.82. The highest BCUT2D eigenvalue weighted by Gasteiger charge is 2.15. The van der Waals surface area contributed by atoms with Gasteiger partial charge < -0.3 is 15.1 Å². The Balaban J connectivity index is 1.90. The lowest BCUT2D eigenvalue weighted by atomic mass is 10.3. The second-order valence-corrected chi connectivity index (χ2v) is 5.05. The van der Waals surface area contributed by atoms with E-state index in [2.05, 4.69) is 32.4 Å². The van der Waals surface area contributed by atoms with E-state index in [0.29, 0.717) is 5.84 Å². The van der Waals surface area contributed by atoms with Gasteiger partial charge in [-0.25, -0.2) is 0 Å². The van der Waals surface area contributed by atoms with Crippen LogP contribution in [0.15, 0.2) is 17.8 Å². The Morgan fingerprint density at radius 3 is 2.68 bits per heavy atom. The molecule has 2 rings (SSSR count). The molecule has 6 heteroatoms. The van der Waals surface area contributed by atoms with Crippen LogP contribution in [0.2, 0.25) is 0 Å². The molecule has 0 saturated carbocycles. The summed E-state index contributed by atoms with van der Waals surface area (Å²) < 4.78 is 0. The monoisotopic (exact) mass is 262 g/mol. The number of rotatable bonds is 3. The lowest BCUT2D eigenvalue weighted by Crippen LogP contribution is -2.46. The molecule has 1 saturated heterocycles. The molecule has 1 aliphatic rings. The largest absolute Gasteiger partial charge is 0.354 e. The van der Waals surface area contributed by atoms with Crippen molar-refractivity contribution in [1.82, 2.24) is 20.0 Å². The number of likely N-dealkylation sites (N-methyl/N-ethyl adjacent to an activating group) is 1. The van der Waals surface area contributed by atoms with Crippen LogP contribution in [0, 0.1) is 12.3 Å². The predicted molar refractivity (Wildman–Crippen MR) is 77.5 cm³/mol. The number of hydrogen-bond donors (Lipinski definition) is 3. The Labute approximate surface area is 114 Å². The van der Waals surface area contributed by atoms with Crippen LogP contribution < -0.4 is 5.32 Å². The molecule has 3 N–H and O–H groups in total. The van der Waals surface area contributed by atoms with Crippen molar-refractivity contribution in [3.8, 4) is 0 Å². The van der Waals surface area contributed by atoms with Gasteiger partial charge in [0, 0.05) is 37.9 Å². The molecule has 1 aliphatic heterocycles. The van der Waals surface area contributed by atoms with E-state index in [1.807, 2.05) is 26.0 Å². The summed E-state index contributed by atoms with van der Waals surface area (Å²) in [5, 5.41) is 18.3. The standard InChI is InChI=1S/C13H22N6/c1-10(15-13-9-11(2)16-17-13)8-12(14)19-6-4-18(3)5-7-19/h8-9,14H,4-7H2,1-3H3,(H2,15,16,17)/b10-8+,14-12?. The fourth-order valence-corrected chi connectivity index (χ4v) is 2.08. The van der Waals surface area contributed by atoms with E-state index < -0.39 is 0 Å². The van der Waals surface area contributed by atoms with E-state index >= 15 is 0 Å². The average molecular weight is 262 g/mol. The number of nitrogens with one attached hydrogen (secondary N) is 3. The van der Waals surface area contributed by atoms with Gasteiger partial charge in [0.05, 0.1) is 5.69 Å². The number of allylic oxidation sites excluding steroid dienone is 1. The molecule has 0 atom stereocenters. The quantitative estimate of drug-likeness (QED) is 0.566. The van der Waals surface area contributed by atoms with Gasteiger partial charge in [-0.2, -0.15) is 5.10 Å². The summed E-state index contributed by atoms with van der Waals surface area (Å²) in [6.45, 7) is 7.77. The molecule has 0 radical (unpaired) electrons. The van der Waals surface area contributed by atoms with E-state index in [9.17, 15) is 0 Å². The molecule has 104 valence electrons. The highest BCUT2D eigenvalue weighted by Crippen LogP contribution is 2.08. The van der Waals surface area contributed by atoms with Crippen molar-refractivity contribution in [2.45, 2.75) is 13.8 Å². The number of piperazine rings is 1. The summed E-state index contributed by atoms with van der Waals surface area (Å²) in [5.74, 6) is 1.42. The summed E-state index contributed by atoms with van der Waals surface area (Å²) in [6, 6.07) is 1.94. The molecule has 0 unspecified atom stereocenters. The number of anilines is 1. The van der Waals surface area contributed by atoms with Crippen molar-refractivity contribution < 1.29 is 0 Å². The third kappa shape index (κ3) is 3.82. The van der Waals surface area contributed by atoms with Crippen LogP contribution in [0.3, 0.4) is 0 Å². The van der Waals surface area contributed by atoms with Gasteiger partial charge in [-0.05, 0) is 27.0 Å². The van der Waals surface area contributed by atoms with Crippen molar-refractivity contribution in [3.63, 3.8) is 0 Å². The molecule has 1 aromatic heterocycles. The molecule has 0 aromatic carbocycles. The van der Waals surface area contributed by atoms with E-state index in [1.54, 1.807) is 0 Å². The maximum Gasteiger partial charge on any atom is 0.125 e. The second kappa shape index (κ2) is 5.88. The van der Waals surface area contributed by atoms with Gasteiger partial charge >= 0.3 is 0 Å². The van der Waals surface area contributed by atoms with E-state index in [0.717, 1.165) is 43.4 Å². The van der Waals surface area contributed by atoms with Crippen LogP contribution in [0.25, 0.3) is 0 Å². The molecule has 6 nitrogen and oxygen atoms in total. The van der Waals surface area contributed by atoms with Gasteiger partial charge in [0.15, 0.2) is 0 Å². The first kappa shape index (κ1) is 13.6. The van der Waals surface area contributed by atoms with Gasteiger partial charge in [0.25, 0.3) is 0 Å². The number of aromatic nitrogens is 2. The Morgan fingerprint density at radius 2 is 2.11 bits per heavy atom. The molecule has 0 aliphatic carbocycles. The summed E-state index contributed by atoms with van der Waals surface area (Å²) in [5.41, 5.74) is 1.89. The Morgan fingerprint density at radius 1 is 1.42 bits per heavy atom. The van der Waals surface area contributed by atoms with E-state index in [-0.39, 0.29) is 0 Å². The first-order chi connectivity index (χ1) is 9.04. The first-order valence-corrected chi connectivity index (χ1v) is 6.54. The number of aromatic amines is 1. The fraction of sp³-hybridized carbons (Fsp3) is 0.538. The van der Waals surface area contributed by atoms with Crippen LogP contribution in [0.4, 0.5) is 5.82 Å². The Kier molecular flexibility index (Phi) is 4.21. The highest BCUT2D eigenvalue weighted by atomic mass is 15.3.